The van der Waals surface area contributed by atoms with E-state index >= 15 is 0 Å². The minimum atomic E-state index is -3.02. The van der Waals surface area contributed by atoms with Gasteiger partial charge >= 0.3 is 0 Å². The van der Waals surface area contributed by atoms with E-state index in [4.69, 9.17) is 0 Å². The lowest BCUT2D eigenvalue weighted by Crippen LogP contribution is -2.45. The van der Waals surface area contributed by atoms with E-state index < -0.39 is 10.0 Å². The van der Waals surface area contributed by atoms with Gasteiger partial charge < -0.3 is 4.90 Å². The molecule has 0 saturated carbocycles. The molecule has 2 rings (SSSR count). The fourth-order valence-corrected chi connectivity index (χ4v) is 5.56. The summed E-state index contributed by atoms with van der Waals surface area (Å²) in [6.45, 7) is 9.05. The van der Waals surface area contributed by atoms with Gasteiger partial charge in [0.25, 0.3) is 0 Å². The fraction of sp³-hybridized carbons (Fsp3) is 1.00. The molecule has 2 aliphatic rings. The largest absolute Gasteiger partial charge is 0.303 e. The lowest BCUT2D eigenvalue weighted by molar-refractivity contribution is 0.196. The van der Waals surface area contributed by atoms with Gasteiger partial charge in [0.2, 0.25) is 10.0 Å². The van der Waals surface area contributed by atoms with Crippen molar-refractivity contribution in [3.05, 3.63) is 0 Å². The van der Waals surface area contributed by atoms with Crippen molar-refractivity contribution >= 4 is 10.0 Å². The van der Waals surface area contributed by atoms with Gasteiger partial charge in [-0.15, -0.1) is 0 Å². The number of hydrogen-bond acceptors (Lipinski definition) is 3. The number of rotatable bonds is 6. The normalized spacial score (nSPS) is 25.1. The molecule has 0 aliphatic carbocycles. The highest BCUT2D eigenvalue weighted by atomic mass is 32.2. The summed E-state index contributed by atoms with van der Waals surface area (Å²) in [6, 6.07) is 0. The van der Waals surface area contributed by atoms with Crippen LogP contribution in [0.3, 0.4) is 0 Å². The van der Waals surface area contributed by atoms with Crippen LogP contribution < -0.4 is 0 Å². The zero-order valence-corrected chi connectivity index (χ0v) is 13.9. The van der Waals surface area contributed by atoms with Gasteiger partial charge in [-0.2, -0.15) is 0 Å². The van der Waals surface area contributed by atoms with Crippen molar-refractivity contribution in [2.45, 2.75) is 57.6 Å². The van der Waals surface area contributed by atoms with Crippen LogP contribution in [0.25, 0.3) is 0 Å². The van der Waals surface area contributed by atoms with Crippen LogP contribution in [-0.4, -0.2) is 55.6 Å². The summed E-state index contributed by atoms with van der Waals surface area (Å²) in [7, 11) is -3.02. The number of piperidine rings is 1. The third-order valence-corrected chi connectivity index (χ3v) is 7.13. The maximum Gasteiger partial charge on any atom is 0.217 e. The first-order valence-electron chi connectivity index (χ1n) is 8.25. The van der Waals surface area contributed by atoms with Crippen molar-refractivity contribution in [2.24, 2.45) is 5.92 Å². The highest BCUT2D eigenvalue weighted by Crippen LogP contribution is 2.24. The lowest BCUT2D eigenvalue weighted by Gasteiger charge is -2.34. The molecule has 0 spiro atoms. The molecule has 1 unspecified atom stereocenters. The van der Waals surface area contributed by atoms with Crippen LogP contribution in [0, 0.1) is 5.92 Å². The SMILES string of the molecule is CCCC(C)CN1CCC(S(=O)(=O)N2CCCC2)CC1. The van der Waals surface area contributed by atoms with Crippen LogP contribution >= 0.6 is 0 Å². The Kier molecular flexibility index (Phi) is 5.87. The van der Waals surface area contributed by atoms with Crippen LogP contribution in [0.1, 0.15) is 52.4 Å². The van der Waals surface area contributed by atoms with Crippen LogP contribution in [0.2, 0.25) is 0 Å². The van der Waals surface area contributed by atoms with Crippen molar-refractivity contribution < 1.29 is 8.42 Å². The number of sulfonamides is 1. The predicted molar refractivity (Wildman–Crippen MR) is 83.3 cm³/mol. The topological polar surface area (TPSA) is 40.6 Å². The Morgan fingerprint density at radius 1 is 1.10 bits per heavy atom. The second-order valence-electron chi connectivity index (χ2n) is 6.54. The van der Waals surface area contributed by atoms with Crippen LogP contribution in [0.4, 0.5) is 0 Å². The Morgan fingerprint density at radius 3 is 2.25 bits per heavy atom. The monoisotopic (exact) mass is 302 g/mol. The second kappa shape index (κ2) is 7.23. The Labute approximate surface area is 124 Å². The molecule has 0 radical (unpaired) electrons. The zero-order valence-electron chi connectivity index (χ0n) is 13.1. The zero-order chi connectivity index (χ0) is 14.6. The molecule has 2 fully saturated rings. The third kappa shape index (κ3) is 3.95. The standard InChI is InChI=1S/C15H30N2O2S/c1-3-6-14(2)13-16-11-7-15(8-12-16)20(18,19)17-9-4-5-10-17/h14-15H,3-13H2,1-2H3. The molecule has 0 bridgehead atoms. The number of nitrogens with zero attached hydrogens (tertiary/aromatic N) is 2. The molecule has 2 heterocycles. The first-order valence-corrected chi connectivity index (χ1v) is 9.75. The van der Waals surface area contributed by atoms with Crippen molar-refractivity contribution in [2.75, 3.05) is 32.7 Å². The molecule has 0 amide bonds. The molecule has 5 heteroatoms. The third-order valence-electron chi connectivity index (χ3n) is 4.73. The molecule has 4 nitrogen and oxygen atoms in total. The van der Waals surface area contributed by atoms with E-state index in [-0.39, 0.29) is 5.25 Å². The molecule has 20 heavy (non-hydrogen) atoms. The molecular formula is C15H30N2O2S. The molecule has 118 valence electrons. The molecule has 2 aliphatic heterocycles. The molecular weight excluding hydrogens is 272 g/mol. The van der Waals surface area contributed by atoms with E-state index in [0.717, 1.165) is 64.3 Å². The Hall–Kier alpha value is -0.130. The van der Waals surface area contributed by atoms with Gasteiger partial charge in [0.05, 0.1) is 5.25 Å². The summed E-state index contributed by atoms with van der Waals surface area (Å²) in [5, 5.41) is -0.127. The smallest absolute Gasteiger partial charge is 0.217 e. The van der Waals surface area contributed by atoms with Gasteiger partial charge in [0.1, 0.15) is 0 Å². The maximum absolute atomic E-state index is 12.5. The molecule has 0 N–H and O–H groups in total. The summed E-state index contributed by atoms with van der Waals surface area (Å²) in [5.41, 5.74) is 0. The molecule has 2 saturated heterocycles. The summed E-state index contributed by atoms with van der Waals surface area (Å²) in [4.78, 5) is 2.45. The minimum Gasteiger partial charge on any atom is -0.303 e. The molecule has 0 aromatic rings. The molecule has 1 atom stereocenters. The van der Waals surface area contributed by atoms with Gasteiger partial charge in [-0.3, -0.25) is 0 Å². The summed E-state index contributed by atoms with van der Waals surface area (Å²) in [5.74, 6) is 0.728. The first kappa shape index (κ1) is 16.2. The first-order chi connectivity index (χ1) is 9.54. The average molecular weight is 302 g/mol. The van der Waals surface area contributed by atoms with Gasteiger partial charge in [0.15, 0.2) is 0 Å². The van der Waals surface area contributed by atoms with E-state index in [0.29, 0.717) is 0 Å². The number of likely N-dealkylation sites (tertiary alicyclic amines) is 1. The molecule has 0 aromatic heterocycles. The summed E-state index contributed by atoms with van der Waals surface area (Å²) < 4.78 is 26.8. The van der Waals surface area contributed by atoms with Gasteiger partial charge in [0, 0.05) is 19.6 Å². The predicted octanol–water partition coefficient (Wildman–Crippen LogP) is 2.31. The van der Waals surface area contributed by atoms with E-state index in [1.165, 1.54) is 12.8 Å². The van der Waals surface area contributed by atoms with E-state index in [2.05, 4.69) is 18.7 Å². The highest BCUT2D eigenvalue weighted by Gasteiger charge is 2.35. The highest BCUT2D eigenvalue weighted by molar-refractivity contribution is 7.89. The van der Waals surface area contributed by atoms with Crippen molar-refractivity contribution in [1.29, 1.82) is 0 Å². The Balaban J connectivity index is 1.81. The van der Waals surface area contributed by atoms with Crippen LogP contribution in [0.15, 0.2) is 0 Å². The van der Waals surface area contributed by atoms with Crippen LogP contribution in [0.5, 0.6) is 0 Å². The van der Waals surface area contributed by atoms with Crippen molar-refractivity contribution in [1.82, 2.24) is 9.21 Å². The van der Waals surface area contributed by atoms with E-state index in [1.54, 1.807) is 4.31 Å². The second-order valence-corrected chi connectivity index (χ2v) is 8.76. The minimum absolute atomic E-state index is 0.127. The van der Waals surface area contributed by atoms with Gasteiger partial charge in [-0.1, -0.05) is 20.3 Å². The fourth-order valence-electron chi connectivity index (χ4n) is 3.57. The average Bonchev–Trinajstić information content (AvgIpc) is 2.94. The number of hydrogen-bond donors (Lipinski definition) is 0. The van der Waals surface area contributed by atoms with Crippen molar-refractivity contribution in [3.8, 4) is 0 Å². The van der Waals surface area contributed by atoms with Crippen molar-refractivity contribution in [3.63, 3.8) is 0 Å². The van der Waals surface area contributed by atoms with E-state index in [1.807, 2.05) is 0 Å². The Bertz CT molecular complexity index is 383. The lowest BCUT2D eigenvalue weighted by atomic mass is 10.0. The van der Waals surface area contributed by atoms with Gasteiger partial charge in [-0.05, 0) is 51.1 Å². The van der Waals surface area contributed by atoms with Crippen LogP contribution in [-0.2, 0) is 10.0 Å². The maximum atomic E-state index is 12.5. The van der Waals surface area contributed by atoms with Gasteiger partial charge in [-0.25, -0.2) is 12.7 Å². The molecule has 0 aromatic carbocycles. The Morgan fingerprint density at radius 2 is 1.70 bits per heavy atom. The quantitative estimate of drug-likeness (QED) is 0.756. The van der Waals surface area contributed by atoms with E-state index in [9.17, 15) is 8.42 Å². The summed E-state index contributed by atoms with van der Waals surface area (Å²) in [6.07, 6.45) is 6.21. The summed E-state index contributed by atoms with van der Waals surface area (Å²) >= 11 is 0.